The monoisotopic (exact) mass is 816 g/mol. The maximum atomic E-state index is 6.68. The molecule has 1 aliphatic rings. The van der Waals surface area contributed by atoms with Gasteiger partial charge < -0.3 is 14.3 Å². The van der Waals surface area contributed by atoms with Gasteiger partial charge in [-0.05, 0) is 114 Å². The van der Waals surface area contributed by atoms with E-state index in [0.717, 1.165) is 66.6 Å². The van der Waals surface area contributed by atoms with Crippen molar-refractivity contribution in [1.82, 2.24) is 9.88 Å². The van der Waals surface area contributed by atoms with Gasteiger partial charge in [-0.15, -0.1) is 0 Å². The minimum Gasteiger partial charge on any atom is -0.456 e. The van der Waals surface area contributed by atoms with Gasteiger partial charge in [0.25, 0.3) is 0 Å². The van der Waals surface area contributed by atoms with Crippen molar-refractivity contribution in [3.05, 3.63) is 223 Å². The number of furan rings is 1. The van der Waals surface area contributed by atoms with Crippen LogP contribution in [0.15, 0.2) is 221 Å². The first-order chi connectivity index (χ1) is 31.7. The summed E-state index contributed by atoms with van der Waals surface area (Å²) in [6, 6.07) is 74.2. The number of nitrogens with zero attached hydrogens (tertiary/aromatic N) is 3. The van der Waals surface area contributed by atoms with Gasteiger partial charge in [-0.3, -0.25) is 0 Å². The second-order valence-electron chi connectivity index (χ2n) is 17.0. The number of benzene rings is 11. The molecule has 0 bridgehead atoms. The number of rotatable bonds is 4. The summed E-state index contributed by atoms with van der Waals surface area (Å²) in [4.78, 5) is 10.9. The number of hydrogen-bond donors (Lipinski definition) is 1. The average Bonchev–Trinajstić information content (AvgIpc) is 3.87. The molecule has 0 aliphatic carbocycles. The molecule has 2 aromatic heterocycles. The maximum absolute atomic E-state index is 6.68. The molecule has 3 heterocycles. The minimum atomic E-state index is -0.435. The van der Waals surface area contributed by atoms with Gasteiger partial charge in [-0.1, -0.05) is 152 Å². The van der Waals surface area contributed by atoms with Crippen LogP contribution < -0.4 is 5.32 Å². The van der Waals surface area contributed by atoms with Crippen LogP contribution >= 0.6 is 0 Å². The van der Waals surface area contributed by atoms with Crippen LogP contribution in [0.1, 0.15) is 22.9 Å². The van der Waals surface area contributed by atoms with Crippen molar-refractivity contribution in [2.24, 2.45) is 9.98 Å². The highest BCUT2D eigenvalue weighted by Gasteiger charge is 2.27. The molecule has 0 amide bonds. The zero-order valence-corrected chi connectivity index (χ0v) is 34.5. The molecule has 0 saturated heterocycles. The van der Waals surface area contributed by atoms with E-state index >= 15 is 0 Å². The molecular formula is C59H36N4O. The van der Waals surface area contributed by atoms with Crippen molar-refractivity contribution >= 4 is 109 Å². The van der Waals surface area contributed by atoms with Crippen molar-refractivity contribution in [3.8, 4) is 5.69 Å². The Kier molecular flexibility index (Phi) is 7.39. The number of hydrogen-bond acceptors (Lipinski definition) is 4. The molecule has 1 N–H and O–H groups in total. The number of amidine groups is 2. The molecule has 13 aromatic rings. The molecule has 1 aliphatic heterocycles. The van der Waals surface area contributed by atoms with Gasteiger partial charge in [0.1, 0.15) is 23.2 Å². The quantitative estimate of drug-likeness (QED) is 0.180. The van der Waals surface area contributed by atoms with E-state index in [2.05, 4.69) is 204 Å². The number of nitrogens with one attached hydrogen (secondary N) is 1. The summed E-state index contributed by atoms with van der Waals surface area (Å²) >= 11 is 0. The molecule has 11 aromatic carbocycles. The van der Waals surface area contributed by atoms with Gasteiger partial charge in [0.15, 0.2) is 5.84 Å². The fourth-order valence-electron chi connectivity index (χ4n) is 10.2. The van der Waals surface area contributed by atoms with Gasteiger partial charge >= 0.3 is 0 Å². The topological polar surface area (TPSA) is 54.8 Å². The Bertz CT molecular complexity index is 4100. The smallest absolute Gasteiger partial charge is 0.159 e. The summed E-state index contributed by atoms with van der Waals surface area (Å²) in [6.07, 6.45) is -0.435. The van der Waals surface area contributed by atoms with E-state index < -0.39 is 6.17 Å². The molecule has 5 heteroatoms. The Balaban J connectivity index is 1.06. The second kappa shape index (κ2) is 13.5. The predicted molar refractivity (Wildman–Crippen MR) is 267 cm³/mol. The standard InChI is InChI=1S/C59H36N4O/c1-2-13-37-27-43(24-21-35(37)11-1)57-60-58(44-25-26-46-42(28-44)23-22-36-12-7-8-18-45(36)46)62-59(61-57)51-34-56-50(47-19-9-10-20-55(47)64-56)33-54(51)63-52-31-40-16-5-3-14-38(40)29-48(52)49-30-39-15-4-6-17-41(39)32-53(49)63/h1-34,58H,(H,60,61,62). The zero-order chi connectivity index (χ0) is 41.9. The molecule has 0 saturated carbocycles. The Hall–Kier alpha value is -8.54. The van der Waals surface area contributed by atoms with Crippen molar-refractivity contribution < 1.29 is 4.42 Å². The highest BCUT2D eigenvalue weighted by molar-refractivity contribution is 6.21. The van der Waals surface area contributed by atoms with E-state index in [1.165, 1.54) is 59.2 Å². The third-order valence-electron chi connectivity index (χ3n) is 13.3. The van der Waals surface area contributed by atoms with Crippen LogP contribution in [0.5, 0.6) is 0 Å². The lowest BCUT2D eigenvalue weighted by atomic mass is 9.99. The Morgan fingerprint density at radius 3 is 1.72 bits per heavy atom. The Morgan fingerprint density at radius 1 is 0.406 bits per heavy atom. The SMILES string of the molecule is c1ccc2cc(C3=NC(c4ccc5c(ccc6ccccc65)c4)NC(c4cc5oc6ccccc6c5cc4-n4c5cc6ccccc6cc5c5cc6ccccc6cc54)=N3)ccc2c1. The highest BCUT2D eigenvalue weighted by atomic mass is 16.3. The van der Waals surface area contributed by atoms with Crippen molar-refractivity contribution in [3.63, 3.8) is 0 Å². The Morgan fingerprint density at radius 2 is 0.984 bits per heavy atom. The fraction of sp³-hybridized carbons (Fsp3) is 0.0169. The van der Waals surface area contributed by atoms with Gasteiger partial charge in [0.2, 0.25) is 0 Å². The largest absolute Gasteiger partial charge is 0.456 e. The van der Waals surface area contributed by atoms with E-state index in [0.29, 0.717) is 5.84 Å². The molecule has 0 fully saturated rings. The lowest BCUT2D eigenvalue weighted by Crippen LogP contribution is -2.34. The van der Waals surface area contributed by atoms with Crippen LogP contribution in [0.2, 0.25) is 0 Å². The molecule has 5 nitrogen and oxygen atoms in total. The number of fused-ring (bicyclic) bond motifs is 12. The summed E-state index contributed by atoms with van der Waals surface area (Å²) < 4.78 is 9.13. The zero-order valence-electron chi connectivity index (χ0n) is 34.5. The normalized spacial score (nSPS) is 14.4. The van der Waals surface area contributed by atoms with Gasteiger partial charge in [-0.25, -0.2) is 9.98 Å². The summed E-state index contributed by atoms with van der Waals surface area (Å²) in [7, 11) is 0. The molecule has 0 radical (unpaired) electrons. The van der Waals surface area contributed by atoms with Crippen LogP contribution in [-0.4, -0.2) is 16.2 Å². The van der Waals surface area contributed by atoms with Gasteiger partial charge in [0.05, 0.1) is 16.7 Å². The number of aliphatic imine (C=N–C) groups is 2. The first-order valence-electron chi connectivity index (χ1n) is 21.8. The van der Waals surface area contributed by atoms with E-state index in [-0.39, 0.29) is 0 Å². The lowest BCUT2D eigenvalue weighted by molar-refractivity contribution is 0.666. The second-order valence-corrected chi connectivity index (χ2v) is 17.0. The van der Waals surface area contributed by atoms with Gasteiger partial charge in [-0.2, -0.15) is 0 Å². The molecule has 298 valence electrons. The van der Waals surface area contributed by atoms with Crippen molar-refractivity contribution in [2.75, 3.05) is 0 Å². The maximum Gasteiger partial charge on any atom is 0.159 e. The van der Waals surface area contributed by atoms with Crippen molar-refractivity contribution in [1.29, 1.82) is 0 Å². The Labute approximate surface area is 366 Å². The van der Waals surface area contributed by atoms with Crippen LogP contribution in [0.4, 0.5) is 0 Å². The summed E-state index contributed by atoms with van der Waals surface area (Å²) in [6.45, 7) is 0. The molecule has 64 heavy (non-hydrogen) atoms. The highest BCUT2D eigenvalue weighted by Crippen LogP contribution is 2.41. The van der Waals surface area contributed by atoms with Gasteiger partial charge in [0, 0.05) is 32.7 Å². The number of aromatic nitrogens is 1. The minimum absolute atomic E-state index is 0.435. The first-order valence-corrected chi connectivity index (χ1v) is 21.8. The molecule has 1 atom stereocenters. The number of para-hydroxylation sites is 1. The summed E-state index contributed by atoms with van der Waals surface area (Å²) in [5.41, 5.74) is 7.80. The fourth-order valence-corrected chi connectivity index (χ4v) is 10.2. The van der Waals surface area contributed by atoms with Crippen molar-refractivity contribution in [2.45, 2.75) is 6.17 Å². The van der Waals surface area contributed by atoms with E-state index in [4.69, 9.17) is 14.4 Å². The summed E-state index contributed by atoms with van der Waals surface area (Å²) in [5, 5.41) is 20.3. The van der Waals surface area contributed by atoms with E-state index in [1.807, 2.05) is 12.1 Å². The average molecular weight is 817 g/mol. The predicted octanol–water partition coefficient (Wildman–Crippen LogP) is 14.9. The third kappa shape index (κ3) is 5.37. The molecular weight excluding hydrogens is 781 g/mol. The molecule has 14 rings (SSSR count). The van der Waals surface area contributed by atoms with Crippen LogP contribution in [0.3, 0.4) is 0 Å². The van der Waals surface area contributed by atoms with Crippen LogP contribution in [-0.2, 0) is 0 Å². The van der Waals surface area contributed by atoms with E-state index in [1.54, 1.807) is 0 Å². The molecule has 1 unspecified atom stereocenters. The van der Waals surface area contributed by atoms with E-state index in [9.17, 15) is 0 Å². The van der Waals surface area contributed by atoms with Crippen LogP contribution in [0.25, 0.3) is 103 Å². The first kappa shape index (κ1) is 35.1. The van der Waals surface area contributed by atoms with Crippen LogP contribution in [0, 0.1) is 0 Å². The summed E-state index contributed by atoms with van der Waals surface area (Å²) in [5.74, 6) is 1.38. The lowest BCUT2D eigenvalue weighted by Gasteiger charge is -2.25. The third-order valence-corrected chi connectivity index (χ3v) is 13.3. The molecule has 0 spiro atoms.